The van der Waals surface area contributed by atoms with Crippen LogP contribution in [-0.4, -0.2) is 25.2 Å². The normalized spacial score (nSPS) is 10.7. The van der Waals surface area contributed by atoms with E-state index in [1.165, 1.54) is 6.33 Å². The Bertz CT molecular complexity index is 1070. The van der Waals surface area contributed by atoms with Crippen molar-refractivity contribution in [1.82, 2.24) is 19.9 Å². The van der Waals surface area contributed by atoms with E-state index in [4.69, 9.17) is 0 Å². The summed E-state index contributed by atoms with van der Waals surface area (Å²) >= 11 is 3.97. The van der Waals surface area contributed by atoms with E-state index in [-0.39, 0.29) is 5.56 Å². The molecule has 0 spiro atoms. The minimum atomic E-state index is -0.186. The first-order valence-electron chi connectivity index (χ1n) is 7.92. The molecule has 4 aromatic rings. The van der Waals surface area contributed by atoms with E-state index in [1.807, 2.05) is 50.2 Å². The lowest BCUT2D eigenvalue weighted by atomic mass is 10.0. The van der Waals surface area contributed by atoms with Crippen LogP contribution in [0.3, 0.4) is 0 Å². The van der Waals surface area contributed by atoms with Gasteiger partial charge in [-0.1, -0.05) is 26.0 Å². The largest absolute Gasteiger partial charge is 0.312 e. The van der Waals surface area contributed by atoms with Crippen LogP contribution in [0.1, 0.15) is 13.8 Å². The Morgan fingerprint density at radius 3 is 2.64 bits per heavy atom. The zero-order valence-corrected chi connectivity index (χ0v) is 14.9. The van der Waals surface area contributed by atoms with Crippen LogP contribution in [-0.2, 0) is 0 Å². The van der Waals surface area contributed by atoms with Crippen LogP contribution in [0.4, 0.5) is 0 Å². The molecule has 6 heteroatoms. The van der Waals surface area contributed by atoms with Gasteiger partial charge in [0.15, 0.2) is 5.65 Å². The molecule has 0 aliphatic rings. The van der Waals surface area contributed by atoms with Gasteiger partial charge in [0, 0.05) is 17.8 Å². The Morgan fingerprint density at radius 1 is 1.04 bits per heavy atom. The predicted octanol–water partition coefficient (Wildman–Crippen LogP) is 3.86. The lowest BCUT2D eigenvalue weighted by Gasteiger charge is -2.06. The first-order chi connectivity index (χ1) is 12.1. The van der Waals surface area contributed by atoms with Crippen molar-refractivity contribution in [2.75, 3.05) is 0 Å². The van der Waals surface area contributed by atoms with E-state index >= 15 is 0 Å². The smallest absolute Gasteiger partial charge is 0.260 e. The lowest BCUT2D eigenvalue weighted by Crippen LogP contribution is -2.08. The van der Waals surface area contributed by atoms with Crippen molar-refractivity contribution in [1.29, 1.82) is 0 Å². The first kappa shape index (κ1) is 17.1. The summed E-state index contributed by atoms with van der Waals surface area (Å²) in [6, 6.07) is 11.6. The highest BCUT2D eigenvalue weighted by Crippen LogP contribution is 2.26. The van der Waals surface area contributed by atoms with E-state index in [0.717, 1.165) is 22.0 Å². The van der Waals surface area contributed by atoms with E-state index in [0.29, 0.717) is 16.3 Å². The molecule has 0 saturated heterocycles. The number of thiol groups is 1. The van der Waals surface area contributed by atoms with Gasteiger partial charge in [-0.15, -0.1) is 0 Å². The van der Waals surface area contributed by atoms with Crippen LogP contribution < -0.4 is 5.56 Å². The maximum atomic E-state index is 12.1. The summed E-state index contributed by atoms with van der Waals surface area (Å²) in [6.45, 7) is 4.06. The van der Waals surface area contributed by atoms with Gasteiger partial charge in [0.25, 0.3) is 5.56 Å². The fourth-order valence-electron chi connectivity index (χ4n) is 2.48. The van der Waals surface area contributed by atoms with Gasteiger partial charge in [-0.3, -0.25) is 9.78 Å². The SMILES string of the molecule is CC(C)S.O=c1[nH]cnc2nccc(-c3ccc4ncccc4c3)c12. The molecule has 0 aliphatic heterocycles. The minimum Gasteiger partial charge on any atom is -0.312 e. The number of aromatic amines is 1. The Balaban J connectivity index is 0.000000415. The average Bonchev–Trinajstić information content (AvgIpc) is 2.61. The van der Waals surface area contributed by atoms with Crippen LogP contribution in [0, 0.1) is 0 Å². The molecule has 126 valence electrons. The molecule has 3 heterocycles. The molecular formula is C19H18N4OS. The number of nitrogens with one attached hydrogen (secondary N) is 1. The van der Waals surface area contributed by atoms with Crippen LogP contribution >= 0.6 is 12.6 Å². The van der Waals surface area contributed by atoms with Gasteiger partial charge in [-0.2, -0.15) is 12.6 Å². The number of nitrogens with zero attached hydrogens (tertiary/aromatic N) is 3. The third-order valence-electron chi connectivity index (χ3n) is 3.45. The second kappa shape index (κ2) is 7.44. The summed E-state index contributed by atoms with van der Waals surface area (Å²) < 4.78 is 0. The number of pyridine rings is 2. The molecule has 0 fully saturated rings. The van der Waals surface area contributed by atoms with Crippen molar-refractivity contribution < 1.29 is 0 Å². The fraction of sp³-hybridized carbons (Fsp3) is 0.158. The summed E-state index contributed by atoms with van der Waals surface area (Å²) in [5, 5.41) is 2.06. The molecule has 5 nitrogen and oxygen atoms in total. The van der Waals surface area contributed by atoms with Crippen LogP contribution in [0.25, 0.3) is 33.1 Å². The summed E-state index contributed by atoms with van der Waals surface area (Å²) in [5.41, 5.74) is 2.95. The average molecular weight is 350 g/mol. The zero-order valence-electron chi connectivity index (χ0n) is 14.0. The highest BCUT2D eigenvalue weighted by molar-refractivity contribution is 7.80. The molecule has 3 aromatic heterocycles. The quantitative estimate of drug-likeness (QED) is 0.511. The van der Waals surface area contributed by atoms with E-state index in [2.05, 4.69) is 32.6 Å². The number of hydrogen-bond acceptors (Lipinski definition) is 5. The predicted molar refractivity (Wildman–Crippen MR) is 105 cm³/mol. The molecule has 0 aliphatic carbocycles. The van der Waals surface area contributed by atoms with Crippen molar-refractivity contribution in [2.45, 2.75) is 19.1 Å². The molecule has 0 unspecified atom stereocenters. The molecule has 1 aromatic carbocycles. The lowest BCUT2D eigenvalue weighted by molar-refractivity contribution is 1.13. The maximum absolute atomic E-state index is 12.1. The van der Waals surface area contributed by atoms with Gasteiger partial charge < -0.3 is 4.98 Å². The summed E-state index contributed by atoms with van der Waals surface area (Å²) in [7, 11) is 0. The summed E-state index contributed by atoms with van der Waals surface area (Å²) in [6.07, 6.45) is 4.79. The van der Waals surface area contributed by atoms with Crippen molar-refractivity contribution in [3.8, 4) is 11.1 Å². The van der Waals surface area contributed by atoms with Crippen molar-refractivity contribution in [2.24, 2.45) is 0 Å². The second-order valence-corrected chi connectivity index (χ2v) is 6.83. The number of benzene rings is 1. The highest BCUT2D eigenvalue weighted by atomic mass is 32.1. The number of fused-ring (bicyclic) bond motifs is 2. The Hall–Kier alpha value is -2.73. The number of hydrogen-bond donors (Lipinski definition) is 2. The topological polar surface area (TPSA) is 71.5 Å². The van der Waals surface area contributed by atoms with Gasteiger partial charge in [0.2, 0.25) is 0 Å². The molecule has 0 bridgehead atoms. The summed E-state index contributed by atoms with van der Waals surface area (Å²) in [4.78, 5) is 27.3. The maximum Gasteiger partial charge on any atom is 0.260 e. The van der Waals surface area contributed by atoms with E-state index in [9.17, 15) is 4.79 Å². The molecular weight excluding hydrogens is 332 g/mol. The monoisotopic (exact) mass is 350 g/mol. The van der Waals surface area contributed by atoms with Gasteiger partial charge >= 0.3 is 0 Å². The summed E-state index contributed by atoms with van der Waals surface area (Å²) in [5.74, 6) is 0. The first-order valence-corrected chi connectivity index (χ1v) is 8.43. The highest BCUT2D eigenvalue weighted by Gasteiger charge is 2.09. The number of H-pyrrole nitrogens is 1. The molecule has 0 radical (unpaired) electrons. The van der Waals surface area contributed by atoms with Crippen molar-refractivity contribution in [3.63, 3.8) is 0 Å². The van der Waals surface area contributed by atoms with Crippen LogP contribution in [0.2, 0.25) is 0 Å². The zero-order chi connectivity index (χ0) is 17.8. The molecule has 0 saturated carbocycles. The van der Waals surface area contributed by atoms with Crippen LogP contribution in [0.15, 0.2) is 59.9 Å². The fourth-order valence-corrected chi connectivity index (χ4v) is 2.48. The molecule has 1 N–H and O–H groups in total. The van der Waals surface area contributed by atoms with E-state index < -0.39 is 0 Å². The van der Waals surface area contributed by atoms with Gasteiger partial charge in [-0.05, 0) is 40.6 Å². The van der Waals surface area contributed by atoms with Gasteiger partial charge in [-0.25, -0.2) is 9.97 Å². The van der Waals surface area contributed by atoms with Crippen LogP contribution in [0.5, 0.6) is 0 Å². The molecule has 4 rings (SSSR count). The van der Waals surface area contributed by atoms with Gasteiger partial charge in [0.05, 0.1) is 17.2 Å². The number of aromatic nitrogens is 4. The minimum absolute atomic E-state index is 0.186. The Kier molecular flexibility index (Phi) is 5.09. The standard InChI is InChI=1S/C16H10N4O.C3H8S/c21-16-14-12(5-7-18-15(14)19-9-20-16)10-3-4-13-11(8-10)2-1-6-17-13;1-3(2)4/h1-9H,(H,18,19,20,21);3-4H,1-2H3. The Labute approximate surface area is 150 Å². The molecule has 0 amide bonds. The van der Waals surface area contributed by atoms with Gasteiger partial charge in [0.1, 0.15) is 0 Å². The van der Waals surface area contributed by atoms with E-state index in [1.54, 1.807) is 12.4 Å². The third-order valence-corrected chi connectivity index (χ3v) is 3.45. The van der Waals surface area contributed by atoms with Crippen molar-refractivity contribution >= 4 is 34.6 Å². The Morgan fingerprint density at radius 2 is 1.84 bits per heavy atom. The molecule has 25 heavy (non-hydrogen) atoms. The second-order valence-electron chi connectivity index (χ2n) is 5.79. The number of rotatable bonds is 1. The van der Waals surface area contributed by atoms with Crippen molar-refractivity contribution in [3.05, 3.63) is 65.5 Å². The molecule has 0 atom stereocenters. The third kappa shape index (κ3) is 3.85.